The topological polar surface area (TPSA) is 144 Å². The third kappa shape index (κ3) is 2.50. The summed E-state index contributed by atoms with van der Waals surface area (Å²) in [7, 11) is 1.59. The van der Waals surface area contributed by atoms with Crippen LogP contribution in [0.25, 0.3) is 0 Å². The van der Waals surface area contributed by atoms with Gasteiger partial charge in [0.05, 0.1) is 19.3 Å². The van der Waals surface area contributed by atoms with Crippen molar-refractivity contribution in [1.82, 2.24) is 40.1 Å². The first-order valence-corrected chi connectivity index (χ1v) is 5.98. The van der Waals surface area contributed by atoms with E-state index in [1.54, 1.807) is 7.05 Å². The largest absolute Gasteiger partial charge is 0.476 e. The lowest BCUT2D eigenvalue weighted by Gasteiger charge is -2.38. The quantitative estimate of drug-likeness (QED) is 0.702. The van der Waals surface area contributed by atoms with Gasteiger partial charge in [-0.2, -0.15) is 4.80 Å². The molecule has 2 aromatic heterocycles. The average molecular weight is 293 g/mol. The molecular formula is C9H11N9O3. The zero-order chi connectivity index (χ0) is 15.0. The molecule has 1 aliphatic rings. The number of carboxylic acids is 1. The minimum atomic E-state index is -1.14. The number of carbonyl (C=O) groups excluding carboxylic acids is 1. The minimum absolute atomic E-state index is 0.0915. The molecule has 0 spiro atoms. The van der Waals surface area contributed by atoms with E-state index >= 15 is 0 Å². The highest BCUT2D eigenvalue weighted by molar-refractivity contribution is 5.88. The molecule has 3 heterocycles. The Balaban J connectivity index is 1.55. The molecule has 2 amide bonds. The Morgan fingerprint density at radius 3 is 2.67 bits per heavy atom. The fourth-order valence-electron chi connectivity index (χ4n) is 1.85. The number of nitrogens with zero attached hydrogens (tertiary/aromatic N) is 8. The second-order valence-electron chi connectivity index (χ2n) is 4.48. The Bertz CT molecular complexity index is 686. The SMILES string of the molecule is Cn1nnc(NC(=O)N2CC(n3cc(C(=O)O)nn3)C2)n1. The molecule has 2 aromatic rings. The van der Waals surface area contributed by atoms with E-state index in [0.717, 1.165) is 0 Å². The van der Waals surface area contributed by atoms with Crippen molar-refractivity contribution in [3.8, 4) is 0 Å². The predicted octanol–water partition coefficient (Wildman–Crippen LogP) is -1.41. The second kappa shape index (κ2) is 4.81. The fourth-order valence-corrected chi connectivity index (χ4v) is 1.85. The molecule has 12 nitrogen and oxygen atoms in total. The normalized spacial score (nSPS) is 14.8. The number of nitrogens with one attached hydrogen (secondary N) is 1. The van der Waals surface area contributed by atoms with Gasteiger partial charge >= 0.3 is 12.0 Å². The molecule has 1 fully saturated rings. The van der Waals surface area contributed by atoms with Crippen LogP contribution in [0.3, 0.4) is 0 Å². The van der Waals surface area contributed by atoms with Gasteiger partial charge in [-0.15, -0.1) is 10.2 Å². The maximum atomic E-state index is 11.9. The highest BCUT2D eigenvalue weighted by Crippen LogP contribution is 2.20. The molecule has 0 radical (unpaired) electrons. The molecule has 0 aliphatic carbocycles. The predicted molar refractivity (Wildman–Crippen MR) is 65.4 cm³/mol. The summed E-state index contributed by atoms with van der Waals surface area (Å²) in [5.74, 6) is -1.01. The summed E-state index contributed by atoms with van der Waals surface area (Å²) < 4.78 is 1.44. The number of tetrazole rings is 1. The van der Waals surface area contributed by atoms with Gasteiger partial charge < -0.3 is 10.0 Å². The first-order chi connectivity index (χ1) is 10.0. The van der Waals surface area contributed by atoms with Crippen LogP contribution in [-0.4, -0.2) is 70.3 Å². The molecule has 110 valence electrons. The number of hydrogen-bond donors (Lipinski definition) is 2. The third-order valence-electron chi connectivity index (χ3n) is 2.98. The number of aryl methyl sites for hydroxylation is 1. The molecule has 0 saturated carbocycles. The van der Waals surface area contributed by atoms with Gasteiger partial charge in [0.2, 0.25) is 0 Å². The summed E-state index contributed by atoms with van der Waals surface area (Å²) in [6.45, 7) is 0.795. The van der Waals surface area contributed by atoms with Crippen molar-refractivity contribution < 1.29 is 14.7 Å². The smallest absolute Gasteiger partial charge is 0.358 e. The molecule has 2 N–H and O–H groups in total. The summed E-state index contributed by atoms with van der Waals surface area (Å²) >= 11 is 0. The molecule has 0 atom stereocenters. The van der Waals surface area contributed by atoms with Gasteiger partial charge in [0.25, 0.3) is 5.95 Å². The molecule has 3 rings (SSSR count). The van der Waals surface area contributed by atoms with E-state index in [1.165, 1.54) is 20.6 Å². The van der Waals surface area contributed by atoms with E-state index in [9.17, 15) is 9.59 Å². The molecule has 0 aromatic carbocycles. The number of anilines is 1. The van der Waals surface area contributed by atoms with Crippen LogP contribution in [0.1, 0.15) is 16.5 Å². The Morgan fingerprint density at radius 1 is 1.33 bits per heavy atom. The Hall–Kier alpha value is -3.05. The maximum Gasteiger partial charge on any atom is 0.358 e. The van der Waals surface area contributed by atoms with Crippen LogP contribution >= 0.6 is 0 Å². The van der Waals surface area contributed by atoms with E-state index in [4.69, 9.17) is 5.11 Å². The highest BCUT2D eigenvalue weighted by atomic mass is 16.4. The van der Waals surface area contributed by atoms with Crippen LogP contribution in [-0.2, 0) is 7.05 Å². The van der Waals surface area contributed by atoms with Gasteiger partial charge in [0.1, 0.15) is 0 Å². The van der Waals surface area contributed by atoms with E-state index < -0.39 is 5.97 Å². The molecule has 21 heavy (non-hydrogen) atoms. The van der Waals surface area contributed by atoms with Crippen molar-refractivity contribution >= 4 is 17.9 Å². The number of likely N-dealkylation sites (tertiary alicyclic amines) is 1. The number of aromatic nitrogens is 7. The first-order valence-electron chi connectivity index (χ1n) is 5.98. The van der Waals surface area contributed by atoms with E-state index in [1.807, 2.05) is 0 Å². The molecule has 1 saturated heterocycles. The number of carbonyl (C=O) groups is 2. The van der Waals surface area contributed by atoms with Crippen molar-refractivity contribution in [1.29, 1.82) is 0 Å². The zero-order valence-electron chi connectivity index (χ0n) is 10.9. The highest BCUT2D eigenvalue weighted by Gasteiger charge is 2.33. The third-order valence-corrected chi connectivity index (χ3v) is 2.98. The van der Waals surface area contributed by atoms with Gasteiger partial charge in [0.15, 0.2) is 5.69 Å². The zero-order valence-corrected chi connectivity index (χ0v) is 10.9. The Labute approximate surface area is 117 Å². The molecule has 1 aliphatic heterocycles. The number of urea groups is 1. The molecular weight excluding hydrogens is 282 g/mol. The minimum Gasteiger partial charge on any atom is -0.476 e. The van der Waals surface area contributed by atoms with Crippen LogP contribution in [0.15, 0.2) is 6.20 Å². The lowest BCUT2D eigenvalue weighted by Crippen LogP contribution is -2.52. The summed E-state index contributed by atoms with van der Waals surface area (Å²) in [5, 5.41) is 29.6. The van der Waals surface area contributed by atoms with Crippen molar-refractivity contribution in [2.45, 2.75) is 6.04 Å². The average Bonchev–Trinajstić information content (AvgIpc) is 2.97. The van der Waals surface area contributed by atoms with Crippen molar-refractivity contribution in [3.05, 3.63) is 11.9 Å². The monoisotopic (exact) mass is 293 g/mol. The van der Waals surface area contributed by atoms with Gasteiger partial charge in [-0.25, -0.2) is 14.3 Å². The summed E-state index contributed by atoms with van der Waals surface area (Å²) in [6, 6.07) is -0.441. The maximum absolute atomic E-state index is 11.9. The van der Waals surface area contributed by atoms with E-state index in [2.05, 4.69) is 31.0 Å². The first kappa shape index (κ1) is 13.0. The van der Waals surface area contributed by atoms with Crippen LogP contribution in [0.5, 0.6) is 0 Å². The van der Waals surface area contributed by atoms with Gasteiger partial charge in [0, 0.05) is 13.1 Å². The molecule has 0 bridgehead atoms. The fraction of sp³-hybridized carbons (Fsp3) is 0.444. The van der Waals surface area contributed by atoms with Crippen molar-refractivity contribution in [2.24, 2.45) is 7.05 Å². The van der Waals surface area contributed by atoms with Gasteiger partial charge in [-0.1, -0.05) is 10.3 Å². The van der Waals surface area contributed by atoms with Crippen LogP contribution in [0, 0.1) is 0 Å². The van der Waals surface area contributed by atoms with Gasteiger partial charge in [-0.05, 0) is 5.21 Å². The Morgan fingerprint density at radius 2 is 2.10 bits per heavy atom. The molecule has 0 unspecified atom stereocenters. The number of aromatic carboxylic acids is 1. The lowest BCUT2D eigenvalue weighted by molar-refractivity contribution is 0.0690. The summed E-state index contributed by atoms with van der Waals surface area (Å²) in [6.07, 6.45) is 1.34. The number of hydrogen-bond acceptors (Lipinski definition) is 7. The van der Waals surface area contributed by atoms with Crippen molar-refractivity contribution in [2.75, 3.05) is 18.4 Å². The van der Waals surface area contributed by atoms with Crippen LogP contribution in [0.2, 0.25) is 0 Å². The molecule has 12 heteroatoms. The van der Waals surface area contributed by atoms with E-state index in [-0.39, 0.29) is 23.7 Å². The van der Waals surface area contributed by atoms with Gasteiger partial charge in [-0.3, -0.25) is 5.32 Å². The van der Waals surface area contributed by atoms with Crippen molar-refractivity contribution in [3.63, 3.8) is 0 Å². The lowest BCUT2D eigenvalue weighted by atomic mass is 10.1. The second-order valence-corrected chi connectivity index (χ2v) is 4.48. The van der Waals surface area contributed by atoms with Crippen LogP contribution in [0.4, 0.5) is 10.7 Å². The number of rotatable bonds is 3. The Kier molecular flexibility index (Phi) is 2.97. The number of carboxylic acid groups (broad SMARTS) is 1. The van der Waals surface area contributed by atoms with E-state index in [0.29, 0.717) is 13.1 Å². The summed E-state index contributed by atoms with van der Waals surface area (Å²) in [5.41, 5.74) is -0.123. The van der Waals surface area contributed by atoms with Crippen LogP contribution < -0.4 is 5.32 Å². The summed E-state index contributed by atoms with van der Waals surface area (Å²) in [4.78, 5) is 25.3. The standard InChI is InChI=1S/C9H11N9O3/c1-16-13-8(12-14-16)10-9(21)17-2-5(3-17)18-4-6(7(19)20)11-15-18/h4-5H,2-3H2,1H3,(H,19,20)(H,10,13,21). The number of amides is 2.